The molecule has 0 saturated carbocycles. The molecule has 0 saturated heterocycles. The topological polar surface area (TPSA) is 30.0 Å². The number of nitrogens with zero attached hydrogens (tertiary/aromatic N) is 1. The van der Waals surface area contributed by atoms with Crippen LogP contribution in [0.2, 0.25) is 0 Å². The molecule has 0 spiro atoms. The number of Topliss-reactive ketones (excluding diaryl/α,β-unsaturated/α-hetero) is 1. The van der Waals surface area contributed by atoms with E-state index in [1.807, 2.05) is 37.3 Å². The molecule has 0 radical (unpaired) electrons. The number of aromatic nitrogens is 1. The predicted octanol–water partition coefficient (Wildman–Crippen LogP) is 4.34. The van der Waals surface area contributed by atoms with E-state index >= 15 is 0 Å². The molecular formula is C14H11Br2NO. The summed E-state index contributed by atoms with van der Waals surface area (Å²) in [6, 6.07) is 9.47. The van der Waals surface area contributed by atoms with Gasteiger partial charge in [0.25, 0.3) is 0 Å². The molecule has 1 aromatic heterocycles. The van der Waals surface area contributed by atoms with Crippen molar-refractivity contribution in [3.63, 3.8) is 0 Å². The molecule has 0 aliphatic heterocycles. The summed E-state index contributed by atoms with van der Waals surface area (Å²) in [6.45, 7) is 2.00. The van der Waals surface area contributed by atoms with Gasteiger partial charge in [0.05, 0.1) is 6.42 Å². The molecule has 2 aromatic rings. The molecule has 0 bridgehead atoms. The van der Waals surface area contributed by atoms with E-state index in [1.165, 1.54) is 0 Å². The third-order valence-corrected chi connectivity index (χ3v) is 3.68. The third-order valence-electron chi connectivity index (χ3n) is 2.56. The Morgan fingerprint density at radius 1 is 1.22 bits per heavy atom. The minimum Gasteiger partial charge on any atom is -0.294 e. The van der Waals surface area contributed by atoms with Crippen LogP contribution in [-0.2, 0) is 6.42 Å². The maximum Gasteiger partial charge on any atom is 0.169 e. The van der Waals surface area contributed by atoms with Crippen LogP contribution < -0.4 is 0 Å². The second kappa shape index (κ2) is 5.76. The number of benzene rings is 1. The highest BCUT2D eigenvalue weighted by Gasteiger charge is 2.11. The zero-order valence-corrected chi connectivity index (χ0v) is 13.0. The molecule has 0 aliphatic rings. The molecule has 0 fully saturated rings. The summed E-state index contributed by atoms with van der Waals surface area (Å²) < 4.78 is 1.75. The van der Waals surface area contributed by atoms with Crippen LogP contribution in [0.4, 0.5) is 0 Å². The quantitative estimate of drug-likeness (QED) is 0.754. The molecule has 0 amide bonds. The molecule has 0 aliphatic carbocycles. The summed E-state index contributed by atoms with van der Waals surface area (Å²) >= 11 is 6.75. The highest BCUT2D eigenvalue weighted by Crippen LogP contribution is 2.20. The van der Waals surface area contributed by atoms with Gasteiger partial charge < -0.3 is 0 Å². The first-order valence-electron chi connectivity index (χ1n) is 5.46. The zero-order chi connectivity index (χ0) is 13.1. The van der Waals surface area contributed by atoms with Crippen LogP contribution in [0.3, 0.4) is 0 Å². The van der Waals surface area contributed by atoms with Gasteiger partial charge in [0, 0.05) is 26.4 Å². The first-order valence-corrected chi connectivity index (χ1v) is 7.04. The van der Waals surface area contributed by atoms with Crippen molar-refractivity contribution < 1.29 is 4.79 Å². The minimum atomic E-state index is 0.0664. The molecule has 18 heavy (non-hydrogen) atoms. The normalized spacial score (nSPS) is 10.4. The number of ketones is 1. The number of pyridine rings is 1. The summed E-state index contributed by atoms with van der Waals surface area (Å²) in [5, 5.41) is 0. The number of hydrogen-bond acceptors (Lipinski definition) is 2. The Kier molecular flexibility index (Phi) is 4.30. The lowest BCUT2D eigenvalue weighted by molar-refractivity contribution is 0.0991. The standard InChI is InChI=1S/C14H11Br2NO/c1-9-2-5-12(13(16)6-9)14(18)7-11-4-3-10(15)8-17-11/h2-6,8H,7H2,1H3. The highest BCUT2D eigenvalue weighted by molar-refractivity contribution is 9.10. The SMILES string of the molecule is Cc1ccc(C(=O)Cc2ccc(Br)cn2)c(Br)c1. The summed E-state index contributed by atoms with van der Waals surface area (Å²) in [4.78, 5) is 16.4. The van der Waals surface area contributed by atoms with Crippen molar-refractivity contribution in [1.82, 2.24) is 4.98 Å². The Bertz CT molecular complexity index is 579. The van der Waals surface area contributed by atoms with Crippen molar-refractivity contribution in [2.75, 3.05) is 0 Å². The first-order chi connectivity index (χ1) is 8.56. The predicted molar refractivity (Wildman–Crippen MR) is 78.9 cm³/mol. The molecular weight excluding hydrogens is 358 g/mol. The number of halogens is 2. The van der Waals surface area contributed by atoms with Crippen molar-refractivity contribution in [3.05, 3.63) is 62.3 Å². The van der Waals surface area contributed by atoms with Crippen LogP contribution in [0.25, 0.3) is 0 Å². The molecule has 0 atom stereocenters. The van der Waals surface area contributed by atoms with E-state index < -0.39 is 0 Å². The van der Waals surface area contributed by atoms with Crippen molar-refractivity contribution >= 4 is 37.6 Å². The van der Waals surface area contributed by atoms with E-state index in [0.29, 0.717) is 12.0 Å². The third kappa shape index (κ3) is 3.27. The lowest BCUT2D eigenvalue weighted by atomic mass is 10.0. The highest BCUT2D eigenvalue weighted by atomic mass is 79.9. The number of hydrogen-bond donors (Lipinski definition) is 0. The number of aryl methyl sites for hydroxylation is 1. The van der Waals surface area contributed by atoms with Gasteiger partial charge in [0.15, 0.2) is 5.78 Å². The van der Waals surface area contributed by atoms with Gasteiger partial charge >= 0.3 is 0 Å². The summed E-state index contributed by atoms with van der Waals surface area (Å²) in [6.07, 6.45) is 2.02. The fourth-order valence-electron chi connectivity index (χ4n) is 1.62. The summed E-state index contributed by atoms with van der Waals surface area (Å²) in [5.41, 5.74) is 2.60. The maximum absolute atomic E-state index is 12.1. The summed E-state index contributed by atoms with van der Waals surface area (Å²) in [5.74, 6) is 0.0664. The average Bonchev–Trinajstić information content (AvgIpc) is 2.32. The molecule has 1 heterocycles. The molecule has 1 aromatic carbocycles. The van der Waals surface area contributed by atoms with Crippen molar-refractivity contribution in [3.8, 4) is 0 Å². The van der Waals surface area contributed by atoms with Gasteiger partial charge in [-0.1, -0.05) is 22.0 Å². The van der Waals surface area contributed by atoms with E-state index in [2.05, 4.69) is 36.8 Å². The summed E-state index contributed by atoms with van der Waals surface area (Å²) in [7, 11) is 0. The van der Waals surface area contributed by atoms with Crippen LogP contribution >= 0.6 is 31.9 Å². The first kappa shape index (κ1) is 13.4. The van der Waals surface area contributed by atoms with Gasteiger partial charge in [-0.25, -0.2) is 0 Å². The van der Waals surface area contributed by atoms with E-state index in [1.54, 1.807) is 6.20 Å². The smallest absolute Gasteiger partial charge is 0.169 e. The van der Waals surface area contributed by atoms with Crippen molar-refractivity contribution in [2.45, 2.75) is 13.3 Å². The zero-order valence-electron chi connectivity index (χ0n) is 9.78. The fourth-order valence-corrected chi connectivity index (χ4v) is 2.57. The molecule has 2 nitrogen and oxygen atoms in total. The maximum atomic E-state index is 12.1. The fraction of sp³-hybridized carbons (Fsp3) is 0.143. The molecule has 0 unspecified atom stereocenters. The van der Waals surface area contributed by atoms with Gasteiger partial charge in [0.1, 0.15) is 0 Å². The van der Waals surface area contributed by atoms with E-state index in [-0.39, 0.29) is 5.78 Å². The Hall–Kier alpha value is -1.00. The number of carbonyl (C=O) groups excluding carboxylic acids is 1. The van der Waals surface area contributed by atoms with E-state index in [0.717, 1.165) is 20.2 Å². The largest absolute Gasteiger partial charge is 0.294 e. The number of carbonyl (C=O) groups is 1. The Balaban J connectivity index is 2.19. The monoisotopic (exact) mass is 367 g/mol. The van der Waals surface area contributed by atoms with Gasteiger partial charge in [-0.2, -0.15) is 0 Å². The van der Waals surface area contributed by atoms with E-state index in [4.69, 9.17) is 0 Å². The lowest BCUT2D eigenvalue weighted by Gasteiger charge is -2.04. The second-order valence-electron chi connectivity index (χ2n) is 4.05. The van der Waals surface area contributed by atoms with Crippen LogP contribution in [0, 0.1) is 6.92 Å². The molecule has 0 N–H and O–H groups in total. The number of rotatable bonds is 3. The molecule has 92 valence electrons. The van der Waals surface area contributed by atoms with Crippen molar-refractivity contribution in [2.24, 2.45) is 0 Å². The van der Waals surface area contributed by atoms with Crippen LogP contribution in [0.15, 0.2) is 45.5 Å². The van der Waals surface area contributed by atoms with Crippen LogP contribution in [0.5, 0.6) is 0 Å². The van der Waals surface area contributed by atoms with E-state index in [9.17, 15) is 4.79 Å². The van der Waals surface area contributed by atoms with Gasteiger partial charge in [0.2, 0.25) is 0 Å². The molecule has 2 rings (SSSR count). The van der Waals surface area contributed by atoms with Crippen LogP contribution in [-0.4, -0.2) is 10.8 Å². The minimum absolute atomic E-state index is 0.0664. The Morgan fingerprint density at radius 2 is 2.00 bits per heavy atom. The second-order valence-corrected chi connectivity index (χ2v) is 5.82. The average molecular weight is 369 g/mol. The van der Waals surface area contributed by atoms with Gasteiger partial charge in [-0.3, -0.25) is 9.78 Å². The van der Waals surface area contributed by atoms with Crippen molar-refractivity contribution in [1.29, 1.82) is 0 Å². The molecule has 4 heteroatoms. The lowest BCUT2D eigenvalue weighted by Crippen LogP contribution is -2.06. The Labute approximate surface area is 123 Å². The van der Waals surface area contributed by atoms with Crippen LogP contribution in [0.1, 0.15) is 21.6 Å². The van der Waals surface area contributed by atoms with Gasteiger partial charge in [-0.15, -0.1) is 0 Å². The van der Waals surface area contributed by atoms with Gasteiger partial charge in [-0.05, 0) is 52.7 Å². The Morgan fingerprint density at radius 3 is 2.61 bits per heavy atom.